The van der Waals surface area contributed by atoms with Gasteiger partial charge in [0, 0.05) is 17.7 Å². The van der Waals surface area contributed by atoms with Crippen LogP contribution in [0.1, 0.15) is 42.9 Å². The molecule has 2 heterocycles. The van der Waals surface area contributed by atoms with E-state index in [0.717, 1.165) is 28.1 Å². The number of benzene rings is 2. The van der Waals surface area contributed by atoms with E-state index >= 15 is 0 Å². The van der Waals surface area contributed by atoms with E-state index in [2.05, 4.69) is 15.4 Å². The summed E-state index contributed by atoms with van der Waals surface area (Å²) in [5, 5.41) is 7.78. The van der Waals surface area contributed by atoms with Crippen molar-refractivity contribution in [2.45, 2.75) is 31.7 Å². The summed E-state index contributed by atoms with van der Waals surface area (Å²) in [5.74, 6) is 3.07. The Morgan fingerprint density at radius 2 is 1.71 bits per heavy atom. The van der Waals surface area contributed by atoms with Crippen molar-refractivity contribution in [2.75, 3.05) is 33.3 Å². The number of hydrogen-bond donors (Lipinski definition) is 1. The lowest BCUT2D eigenvalue weighted by atomic mass is 9.77. The van der Waals surface area contributed by atoms with Crippen molar-refractivity contribution in [3.8, 4) is 23.0 Å². The van der Waals surface area contributed by atoms with Gasteiger partial charge in [-0.15, -0.1) is 0 Å². The second-order valence-electron chi connectivity index (χ2n) is 8.44. The Hall–Kier alpha value is -4.01. The number of carbonyl (C=O) groups is 1. The molecule has 0 unspecified atom stereocenters. The summed E-state index contributed by atoms with van der Waals surface area (Å²) in [6, 6.07) is 11.3. The van der Waals surface area contributed by atoms with Gasteiger partial charge in [0.05, 0.1) is 27.9 Å². The number of aromatic nitrogens is 3. The number of allylic oxidation sites excluding steroid dienone is 2. The quantitative estimate of drug-likeness (QED) is 0.544. The van der Waals surface area contributed by atoms with E-state index in [1.165, 1.54) is 6.33 Å². The highest BCUT2D eigenvalue weighted by Crippen LogP contribution is 2.47. The third-order valence-electron chi connectivity index (χ3n) is 6.53. The topological polar surface area (TPSA) is 96.7 Å². The average molecular weight is 477 g/mol. The van der Waals surface area contributed by atoms with Crippen LogP contribution < -0.4 is 24.3 Å². The Kier molecular flexibility index (Phi) is 6.07. The Balaban J connectivity index is 1.54. The summed E-state index contributed by atoms with van der Waals surface area (Å²) in [6.07, 6.45) is 2.50. The summed E-state index contributed by atoms with van der Waals surface area (Å²) in [4.78, 5) is 18.0. The van der Waals surface area contributed by atoms with E-state index in [0.29, 0.717) is 42.6 Å². The molecule has 2 aliphatic rings. The van der Waals surface area contributed by atoms with E-state index in [-0.39, 0.29) is 17.7 Å². The Labute approximate surface area is 203 Å². The molecule has 0 amide bonds. The normalized spacial score (nSPS) is 18.9. The third kappa shape index (κ3) is 3.96. The molecule has 1 aliphatic carbocycles. The SMILES string of the molecule is CCOc1ccc([C@H]2C3=C(C[C@@H](c4cc(OC)c(OC)c(OC)c4)CC3=O)Nc3ncnn32)cc1. The monoisotopic (exact) mass is 476 g/mol. The molecule has 2 atom stereocenters. The first-order chi connectivity index (χ1) is 17.1. The molecular weight excluding hydrogens is 448 g/mol. The molecule has 0 fully saturated rings. The lowest BCUT2D eigenvalue weighted by molar-refractivity contribution is -0.116. The van der Waals surface area contributed by atoms with Crippen molar-refractivity contribution in [3.05, 3.63) is 65.1 Å². The number of carbonyl (C=O) groups excluding carboxylic acids is 1. The van der Waals surface area contributed by atoms with Gasteiger partial charge in [0.2, 0.25) is 11.7 Å². The summed E-state index contributed by atoms with van der Waals surface area (Å²) in [5.41, 5.74) is 3.48. The molecule has 1 aliphatic heterocycles. The van der Waals surface area contributed by atoms with Crippen LogP contribution in [0, 0.1) is 0 Å². The highest BCUT2D eigenvalue weighted by molar-refractivity contribution is 6.00. The fourth-order valence-electron chi connectivity index (χ4n) is 4.95. The Morgan fingerprint density at radius 3 is 2.34 bits per heavy atom. The number of hydrogen-bond acceptors (Lipinski definition) is 8. The number of nitrogens with one attached hydrogen (secondary N) is 1. The standard InChI is InChI=1S/C26H28N4O5/c1-5-35-18-8-6-15(7-9-18)24-23-19(29-26-27-14-28-30(24)26)10-16(11-20(23)31)17-12-21(32-2)25(34-4)22(13-17)33-3/h6-9,12-14,16,24H,5,10-11H2,1-4H3,(H,27,28,29)/t16-,24+/m1/s1. The molecule has 5 rings (SSSR count). The molecule has 0 spiro atoms. The summed E-state index contributed by atoms with van der Waals surface area (Å²) in [7, 11) is 4.75. The van der Waals surface area contributed by atoms with Crippen molar-refractivity contribution >= 4 is 11.7 Å². The van der Waals surface area contributed by atoms with Gasteiger partial charge in [0.15, 0.2) is 17.3 Å². The first kappa shape index (κ1) is 22.8. The van der Waals surface area contributed by atoms with Gasteiger partial charge >= 0.3 is 0 Å². The van der Waals surface area contributed by atoms with E-state index in [9.17, 15) is 4.79 Å². The molecule has 0 saturated carbocycles. The molecule has 2 aromatic carbocycles. The smallest absolute Gasteiger partial charge is 0.226 e. The van der Waals surface area contributed by atoms with Gasteiger partial charge in [-0.25, -0.2) is 4.68 Å². The van der Waals surface area contributed by atoms with Crippen LogP contribution in [0.5, 0.6) is 23.0 Å². The van der Waals surface area contributed by atoms with Crippen LogP contribution in [0.4, 0.5) is 5.95 Å². The fourth-order valence-corrected chi connectivity index (χ4v) is 4.95. The lowest BCUT2D eigenvalue weighted by Crippen LogP contribution is -2.33. The van der Waals surface area contributed by atoms with E-state index in [4.69, 9.17) is 18.9 Å². The highest BCUT2D eigenvalue weighted by Gasteiger charge is 2.39. The number of Topliss-reactive ketones (excluding diaryl/α,β-unsaturated/α-hetero) is 1. The number of ketones is 1. The van der Waals surface area contributed by atoms with Gasteiger partial charge < -0.3 is 24.3 Å². The van der Waals surface area contributed by atoms with Crippen LogP contribution in [-0.2, 0) is 4.79 Å². The van der Waals surface area contributed by atoms with E-state index in [1.807, 2.05) is 43.3 Å². The van der Waals surface area contributed by atoms with Crippen molar-refractivity contribution < 1.29 is 23.7 Å². The molecule has 0 bridgehead atoms. The molecule has 9 nitrogen and oxygen atoms in total. The minimum absolute atomic E-state index is 0.0575. The van der Waals surface area contributed by atoms with Gasteiger partial charge in [-0.2, -0.15) is 10.1 Å². The zero-order valence-corrected chi connectivity index (χ0v) is 20.2. The predicted molar refractivity (Wildman–Crippen MR) is 130 cm³/mol. The van der Waals surface area contributed by atoms with Crippen LogP contribution in [0.2, 0.25) is 0 Å². The largest absolute Gasteiger partial charge is 0.494 e. The minimum Gasteiger partial charge on any atom is -0.494 e. The maximum atomic E-state index is 13.7. The maximum absolute atomic E-state index is 13.7. The van der Waals surface area contributed by atoms with Crippen LogP contribution >= 0.6 is 0 Å². The molecular formula is C26H28N4O5. The third-order valence-corrected chi connectivity index (χ3v) is 6.53. The molecule has 35 heavy (non-hydrogen) atoms. The van der Waals surface area contributed by atoms with Crippen LogP contribution in [0.15, 0.2) is 54.0 Å². The minimum atomic E-state index is -0.354. The second-order valence-corrected chi connectivity index (χ2v) is 8.44. The molecule has 0 radical (unpaired) electrons. The first-order valence-electron chi connectivity index (χ1n) is 11.5. The predicted octanol–water partition coefficient (Wildman–Crippen LogP) is 4.12. The van der Waals surface area contributed by atoms with Gasteiger partial charge in [-0.1, -0.05) is 12.1 Å². The maximum Gasteiger partial charge on any atom is 0.226 e. The van der Waals surface area contributed by atoms with Crippen molar-refractivity contribution in [2.24, 2.45) is 0 Å². The second kappa shape index (κ2) is 9.32. The summed E-state index contributed by atoms with van der Waals surface area (Å²) < 4.78 is 23.9. The van der Waals surface area contributed by atoms with Crippen molar-refractivity contribution in [1.82, 2.24) is 14.8 Å². The molecule has 3 aromatic rings. The molecule has 182 valence electrons. The van der Waals surface area contributed by atoms with Crippen molar-refractivity contribution in [1.29, 1.82) is 0 Å². The number of rotatable bonds is 7. The average Bonchev–Trinajstić information content (AvgIpc) is 3.35. The Bertz CT molecular complexity index is 1260. The first-order valence-corrected chi connectivity index (χ1v) is 11.5. The number of methoxy groups -OCH3 is 3. The Morgan fingerprint density at radius 1 is 1.00 bits per heavy atom. The molecule has 0 saturated heterocycles. The number of ether oxygens (including phenoxy) is 4. The number of nitrogens with zero attached hydrogens (tertiary/aromatic N) is 3. The van der Waals surface area contributed by atoms with Crippen molar-refractivity contribution in [3.63, 3.8) is 0 Å². The van der Waals surface area contributed by atoms with Crippen LogP contribution in [0.3, 0.4) is 0 Å². The van der Waals surface area contributed by atoms with Gasteiger partial charge in [0.25, 0.3) is 0 Å². The van der Waals surface area contributed by atoms with E-state index in [1.54, 1.807) is 26.0 Å². The number of fused-ring (bicyclic) bond motifs is 1. The summed E-state index contributed by atoms with van der Waals surface area (Å²) in [6.45, 7) is 2.54. The number of anilines is 1. The van der Waals surface area contributed by atoms with Crippen LogP contribution in [0.25, 0.3) is 0 Å². The van der Waals surface area contributed by atoms with Gasteiger partial charge in [-0.05, 0) is 54.7 Å². The lowest BCUT2D eigenvalue weighted by Gasteiger charge is -2.35. The van der Waals surface area contributed by atoms with Crippen LogP contribution in [-0.4, -0.2) is 48.5 Å². The highest BCUT2D eigenvalue weighted by atomic mass is 16.5. The van der Waals surface area contributed by atoms with Gasteiger partial charge in [0.1, 0.15) is 18.1 Å². The summed E-state index contributed by atoms with van der Waals surface area (Å²) >= 11 is 0. The fraction of sp³-hybridized carbons (Fsp3) is 0.346. The zero-order valence-electron chi connectivity index (χ0n) is 20.2. The zero-order chi connectivity index (χ0) is 24.5. The molecule has 1 aromatic heterocycles. The molecule has 1 N–H and O–H groups in total. The molecule has 9 heteroatoms. The van der Waals surface area contributed by atoms with Gasteiger partial charge in [-0.3, -0.25) is 4.79 Å². The van der Waals surface area contributed by atoms with E-state index < -0.39 is 0 Å².